The van der Waals surface area contributed by atoms with E-state index < -0.39 is 25.7 Å². The standard InChI is InChI=1S/C12H15ClFNO4S/c1-3-15(6-7-19-2)12(16)10-8-9(14)4-5-11(10)20(13,17)18/h4-5,8H,3,6-7H2,1-2H3. The highest BCUT2D eigenvalue weighted by Crippen LogP contribution is 2.22. The van der Waals surface area contributed by atoms with Crippen LogP contribution in [0, 0.1) is 5.82 Å². The summed E-state index contributed by atoms with van der Waals surface area (Å²) in [5, 5.41) is 0. The topological polar surface area (TPSA) is 63.7 Å². The molecule has 0 bridgehead atoms. The molecule has 1 aromatic rings. The Balaban J connectivity index is 3.23. The summed E-state index contributed by atoms with van der Waals surface area (Å²) in [6.07, 6.45) is 0. The SMILES string of the molecule is CCN(CCOC)C(=O)c1cc(F)ccc1S(=O)(=O)Cl. The number of hydrogen-bond acceptors (Lipinski definition) is 4. The van der Waals surface area contributed by atoms with Crippen molar-refractivity contribution in [1.82, 2.24) is 4.90 Å². The zero-order valence-corrected chi connectivity index (χ0v) is 12.7. The molecule has 0 aliphatic rings. The first-order valence-electron chi connectivity index (χ1n) is 5.83. The molecule has 0 N–H and O–H groups in total. The second kappa shape index (κ2) is 7.01. The third kappa shape index (κ3) is 4.16. The molecular weight excluding hydrogens is 309 g/mol. The van der Waals surface area contributed by atoms with E-state index in [0.717, 1.165) is 18.2 Å². The quantitative estimate of drug-likeness (QED) is 0.750. The lowest BCUT2D eigenvalue weighted by molar-refractivity contribution is 0.0702. The molecule has 0 heterocycles. The average molecular weight is 324 g/mol. The Bertz CT molecular complexity index is 591. The number of benzene rings is 1. The Hall–Kier alpha value is -1.18. The summed E-state index contributed by atoms with van der Waals surface area (Å²) in [6, 6.07) is 2.79. The molecule has 5 nitrogen and oxygen atoms in total. The van der Waals surface area contributed by atoms with E-state index in [1.54, 1.807) is 6.92 Å². The number of methoxy groups -OCH3 is 1. The Morgan fingerprint density at radius 3 is 2.60 bits per heavy atom. The molecule has 0 aliphatic heterocycles. The average Bonchev–Trinajstić information content (AvgIpc) is 2.37. The van der Waals surface area contributed by atoms with Gasteiger partial charge in [-0.3, -0.25) is 4.79 Å². The fourth-order valence-electron chi connectivity index (χ4n) is 1.66. The first-order chi connectivity index (χ1) is 9.31. The molecule has 0 fully saturated rings. The highest BCUT2D eigenvalue weighted by molar-refractivity contribution is 8.13. The van der Waals surface area contributed by atoms with Crippen LogP contribution in [0.5, 0.6) is 0 Å². The number of nitrogens with zero attached hydrogens (tertiary/aromatic N) is 1. The van der Waals surface area contributed by atoms with Gasteiger partial charge in [0.1, 0.15) is 5.82 Å². The molecule has 112 valence electrons. The van der Waals surface area contributed by atoms with Crippen LogP contribution in [0.1, 0.15) is 17.3 Å². The molecule has 1 rings (SSSR count). The fraction of sp³-hybridized carbons (Fsp3) is 0.417. The number of carbonyl (C=O) groups excluding carboxylic acids is 1. The summed E-state index contributed by atoms with van der Waals surface area (Å²) in [4.78, 5) is 13.2. The van der Waals surface area contributed by atoms with Crippen LogP contribution in [-0.4, -0.2) is 46.0 Å². The summed E-state index contributed by atoms with van der Waals surface area (Å²) in [5.41, 5.74) is -0.280. The van der Waals surface area contributed by atoms with Gasteiger partial charge in [-0.15, -0.1) is 0 Å². The molecule has 0 atom stereocenters. The van der Waals surface area contributed by atoms with Crippen LogP contribution in [0.2, 0.25) is 0 Å². The van der Waals surface area contributed by atoms with Crippen molar-refractivity contribution < 1.29 is 22.3 Å². The second-order valence-electron chi connectivity index (χ2n) is 3.96. The molecule has 0 radical (unpaired) electrons. The fourth-order valence-corrected chi connectivity index (χ4v) is 2.70. The number of rotatable bonds is 6. The molecule has 1 amide bonds. The first-order valence-corrected chi connectivity index (χ1v) is 8.14. The van der Waals surface area contributed by atoms with Gasteiger partial charge in [0.05, 0.1) is 17.1 Å². The predicted molar refractivity (Wildman–Crippen MR) is 72.9 cm³/mol. The molecule has 20 heavy (non-hydrogen) atoms. The predicted octanol–water partition coefficient (Wildman–Crippen LogP) is 1.86. The van der Waals surface area contributed by atoms with Crippen molar-refractivity contribution in [3.8, 4) is 0 Å². The number of carbonyl (C=O) groups is 1. The highest BCUT2D eigenvalue weighted by Gasteiger charge is 2.24. The van der Waals surface area contributed by atoms with E-state index in [-0.39, 0.29) is 18.7 Å². The molecule has 0 unspecified atom stereocenters. The molecule has 0 aromatic heterocycles. The van der Waals surface area contributed by atoms with Gasteiger partial charge in [0.25, 0.3) is 15.0 Å². The summed E-state index contributed by atoms with van der Waals surface area (Å²) in [6.45, 7) is 2.62. The number of ether oxygens (including phenoxy) is 1. The van der Waals surface area contributed by atoms with Crippen LogP contribution >= 0.6 is 10.7 Å². The van der Waals surface area contributed by atoms with Gasteiger partial charge in [0, 0.05) is 30.9 Å². The monoisotopic (exact) mass is 323 g/mol. The van der Waals surface area contributed by atoms with Gasteiger partial charge in [0.15, 0.2) is 0 Å². The second-order valence-corrected chi connectivity index (χ2v) is 6.49. The lowest BCUT2D eigenvalue weighted by atomic mass is 10.2. The Kier molecular flexibility index (Phi) is 5.91. The number of likely N-dealkylation sites (N-methyl/N-ethyl adjacent to an activating group) is 1. The summed E-state index contributed by atoms with van der Waals surface area (Å²) < 4.78 is 41.0. The van der Waals surface area contributed by atoms with Gasteiger partial charge in [0.2, 0.25) is 0 Å². The maximum absolute atomic E-state index is 13.3. The molecule has 0 saturated heterocycles. The molecule has 0 spiro atoms. The van der Waals surface area contributed by atoms with Gasteiger partial charge in [-0.05, 0) is 25.1 Å². The van der Waals surface area contributed by atoms with Gasteiger partial charge >= 0.3 is 0 Å². The van der Waals surface area contributed by atoms with Crippen molar-refractivity contribution in [3.63, 3.8) is 0 Å². The van der Waals surface area contributed by atoms with Crippen LogP contribution in [0.25, 0.3) is 0 Å². The number of amides is 1. The van der Waals surface area contributed by atoms with Crippen LogP contribution in [-0.2, 0) is 13.8 Å². The van der Waals surface area contributed by atoms with Crippen molar-refractivity contribution in [2.45, 2.75) is 11.8 Å². The largest absolute Gasteiger partial charge is 0.383 e. The zero-order chi connectivity index (χ0) is 15.3. The van der Waals surface area contributed by atoms with E-state index in [1.165, 1.54) is 12.0 Å². The maximum atomic E-state index is 13.3. The van der Waals surface area contributed by atoms with Crippen LogP contribution < -0.4 is 0 Å². The molecule has 8 heteroatoms. The maximum Gasteiger partial charge on any atom is 0.262 e. The third-order valence-corrected chi connectivity index (χ3v) is 4.05. The normalized spacial score (nSPS) is 11.4. The highest BCUT2D eigenvalue weighted by atomic mass is 35.7. The molecular formula is C12H15ClFNO4S. The third-order valence-electron chi connectivity index (χ3n) is 2.67. The lowest BCUT2D eigenvalue weighted by Gasteiger charge is -2.21. The lowest BCUT2D eigenvalue weighted by Crippen LogP contribution is -2.34. The van der Waals surface area contributed by atoms with Crippen molar-refractivity contribution >= 4 is 25.6 Å². The summed E-state index contributed by atoms with van der Waals surface area (Å²) in [5.74, 6) is -1.32. The van der Waals surface area contributed by atoms with Gasteiger partial charge in [-0.1, -0.05) is 0 Å². The summed E-state index contributed by atoms with van der Waals surface area (Å²) >= 11 is 0. The van der Waals surface area contributed by atoms with Crippen molar-refractivity contribution in [2.24, 2.45) is 0 Å². The molecule has 0 aliphatic carbocycles. The Labute approximate surface area is 121 Å². The van der Waals surface area contributed by atoms with Crippen molar-refractivity contribution in [1.29, 1.82) is 0 Å². The minimum Gasteiger partial charge on any atom is -0.383 e. The van der Waals surface area contributed by atoms with Gasteiger partial charge in [-0.25, -0.2) is 12.8 Å². The van der Waals surface area contributed by atoms with E-state index in [2.05, 4.69) is 0 Å². The van der Waals surface area contributed by atoms with Gasteiger partial charge < -0.3 is 9.64 Å². The van der Waals surface area contributed by atoms with Crippen LogP contribution in [0.15, 0.2) is 23.1 Å². The smallest absolute Gasteiger partial charge is 0.262 e. The minimum absolute atomic E-state index is 0.268. The van der Waals surface area contributed by atoms with Gasteiger partial charge in [-0.2, -0.15) is 0 Å². The van der Waals surface area contributed by atoms with E-state index in [1.807, 2.05) is 0 Å². The Morgan fingerprint density at radius 2 is 2.10 bits per heavy atom. The number of hydrogen-bond donors (Lipinski definition) is 0. The van der Waals surface area contributed by atoms with Crippen LogP contribution in [0.3, 0.4) is 0 Å². The minimum atomic E-state index is -4.13. The van der Waals surface area contributed by atoms with E-state index >= 15 is 0 Å². The summed E-state index contributed by atoms with van der Waals surface area (Å²) in [7, 11) is 2.62. The first kappa shape index (κ1) is 16.9. The van der Waals surface area contributed by atoms with Crippen molar-refractivity contribution in [3.05, 3.63) is 29.6 Å². The Morgan fingerprint density at radius 1 is 1.45 bits per heavy atom. The van der Waals surface area contributed by atoms with E-state index in [0.29, 0.717) is 6.54 Å². The van der Waals surface area contributed by atoms with E-state index in [4.69, 9.17) is 15.4 Å². The number of halogens is 2. The molecule has 0 saturated carbocycles. The molecule has 1 aromatic carbocycles. The van der Waals surface area contributed by atoms with Crippen LogP contribution in [0.4, 0.5) is 4.39 Å². The zero-order valence-electron chi connectivity index (χ0n) is 11.1. The van der Waals surface area contributed by atoms with E-state index in [9.17, 15) is 17.6 Å². The van der Waals surface area contributed by atoms with Crippen molar-refractivity contribution in [2.75, 3.05) is 26.8 Å².